The van der Waals surface area contributed by atoms with Gasteiger partial charge in [0.1, 0.15) is 5.00 Å². The summed E-state index contributed by atoms with van der Waals surface area (Å²) in [6.45, 7) is 1.24. The van der Waals surface area contributed by atoms with Crippen molar-refractivity contribution < 1.29 is 14.1 Å². The van der Waals surface area contributed by atoms with Crippen molar-refractivity contribution >= 4 is 22.2 Å². The van der Waals surface area contributed by atoms with Gasteiger partial charge in [-0.3, -0.25) is 4.79 Å². The molecule has 26 heavy (non-hydrogen) atoms. The normalized spacial score (nSPS) is 19.8. The Morgan fingerprint density at radius 1 is 1.27 bits per heavy atom. The molecule has 3 aliphatic rings. The van der Waals surface area contributed by atoms with Crippen LogP contribution in [-0.2, 0) is 22.6 Å². The maximum Gasteiger partial charge on any atom is 0.261 e. The van der Waals surface area contributed by atoms with Crippen LogP contribution in [0.15, 0.2) is 16.2 Å². The molecule has 6 nitrogen and oxygen atoms in total. The minimum absolute atomic E-state index is 0.00704. The summed E-state index contributed by atoms with van der Waals surface area (Å²) < 4.78 is 11.2. The van der Waals surface area contributed by atoms with Crippen LogP contribution < -0.4 is 5.32 Å². The van der Waals surface area contributed by atoms with Crippen LogP contribution in [-0.4, -0.2) is 22.7 Å². The summed E-state index contributed by atoms with van der Waals surface area (Å²) in [5, 5.41) is 8.07. The maximum absolute atomic E-state index is 12.7. The van der Waals surface area contributed by atoms with Crippen molar-refractivity contribution in [2.45, 2.75) is 57.5 Å². The fraction of sp³-hybridized carbons (Fsp3) is 0.526. The molecule has 1 amide bonds. The third-order valence-corrected chi connectivity index (χ3v) is 6.43. The standard InChI is InChI=1S/C19H21N3O3S/c23-17(12-4-2-1-3-5-12)21-19-15(13-10-24-9-8-14(13)26-19)18-20-16(22-25-18)11-6-7-11/h4,11H,1-3,5-10H2,(H,21,23). The van der Waals surface area contributed by atoms with Crippen molar-refractivity contribution in [3.05, 3.63) is 27.9 Å². The molecule has 0 spiro atoms. The number of hydrogen-bond acceptors (Lipinski definition) is 6. The van der Waals surface area contributed by atoms with Crippen LogP contribution in [0.4, 0.5) is 5.00 Å². The van der Waals surface area contributed by atoms with Gasteiger partial charge in [0.25, 0.3) is 11.8 Å². The van der Waals surface area contributed by atoms with E-state index in [1.165, 1.54) is 11.3 Å². The first kappa shape index (κ1) is 16.2. The van der Waals surface area contributed by atoms with Gasteiger partial charge in [-0.05, 0) is 38.5 Å². The molecule has 0 aromatic carbocycles. The van der Waals surface area contributed by atoms with Crippen molar-refractivity contribution in [3.8, 4) is 11.5 Å². The summed E-state index contributed by atoms with van der Waals surface area (Å²) in [6.07, 6.45) is 9.25. The molecule has 136 valence electrons. The van der Waals surface area contributed by atoms with E-state index in [4.69, 9.17) is 9.26 Å². The van der Waals surface area contributed by atoms with Crippen LogP contribution in [0.2, 0.25) is 0 Å². The Hall–Kier alpha value is -1.99. The summed E-state index contributed by atoms with van der Waals surface area (Å²) in [5.74, 6) is 1.71. The molecule has 0 bridgehead atoms. The van der Waals surface area contributed by atoms with E-state index in [0.717, 1.165) is 66.1 Å². The predicted molar refractivity (Wildman–Crippen MR) is 98.1 cm³/mol. The SMILES string of the molecule is O=C(Nc1sc2c(c1-c1nc(C3CC3)no1)COCC2)C1=CCCCC1. The number of carbonyl (C=O) groups is 1. The molecule has 1 N–H and O–H groups in total. The topological polar surface area (TPSA) is 77.3 Å². The molecule has 0 atom stereocenters. The van der Waals surface area contributed by atoms with Crippen molar-refractivity contribution in [3.63, 3.8) is 0 Å². The van der Waals surface area contributed by atoms with E-state index < -0.39 is 0 Å². The van der Waals surface area contributed by atoms with E-state index >= 15 is 0 Å². The van der Waals surface area contributed by atoms with Gasteiger partial charge in [-0.2, -0.15) is 4.98 Å². The number of nitrogens with zero attached hydrogens (tertiary/aromatic N) is 2. The zero-order chi connectivity index (χ0) is 17.5. The molecule has 2 aromatic rings. The summed E-state index contributed by atoms with van der Waals surface area (Å²) in [7, 11) is 0. The van der Waals surface area contributed by atoms with E-state index in [1.807, 2.05) is 0 Å². The molecular formula is C19H21N3O3S. The van der Waals surface area contributed by atoms with Crippen LogP contribution in [0.3, 0.4) is 0 Å². The van der Waals surface area contributed by atoms with Crippen LogP contribution in [0.5, 0.6) is 0 Å². The number of rotatable bonds is 4. The Bertz CT molecular complexity index is 879. The highest BCUT2D eigenvalue weighted by molar-refractivity contribution is 7.17. The molecular weight excluding hydrogens is 350 g/mol. The second-order valence-corrected chi connectivity index (χ2v) is 8.28. The van der Waals surface area contributed by atoms with Crippen LogP contribution in [0.1, 0.15) is 60.7 Å². The third kappa shape index (κ3) is 2.99. The number of ether oxygens (including phenoxy) is 1. The van der Waals surface area contributed by atoms with Gasteiger partial charge in [0.2, 0.25) is 0 Å². The molecule has 1 saturated carbocycles. The van der Waals surface area contributed by atoms with E-state index in [-0.39, 0.29) is 5.91 Å². The van der Waals surface area contributed by atoms with Gasteiger partial charge >= 0.3 is 0 Å². The van der Waals surface area contributed by atoms with Crippen LogP contribution in [0, 0.1) is 0 Å². The monoisotopic (exact) mass is 371 g/mol. The molecule has 0 unspecified atom stereocenters. The van der Waals surface area contributed by atoms with Gasteiger partial charge in [0.15, 0.2) is 5.82 Å². The summed E-state index contributed by atoms with van der Waals surface area (Å²) in [5.41, 5.74) is 2.82. The lowest BCUT2D eigenvalue weighted by atomic mass is 9.99. The molecule has 2 aromatic heterocycles. The number of hydrogen-bond donors (Lipinski definition) is 1. The Labute approximate surface area is 155 Å². The molecule has 1 aliphatic heterocycles. The minimum atomic E-state index is -0.00704. The number of fused-ring (bicyclic) bond motifs is 1. The number of nitrogens with one attached hydrogen (secondary N) is 1. The quantitative estimate of drug-likeness (QED) is 0.872. The lowest BCUT2D eigenvalue weighted by molar-refractivity contribution is -0.113. The number of carbonyl (C=O) groups excluding carboxylic acids is 1. The highest BCUT2D eigenvalue weighted by Gasteiger charge is 2.32. The maximum atomic E-state index is 12.7. The average Bonchev–Trinajstić information content (AvgIpc) is 3.30. The first-order valence-electron chi connectivity index (χ1n) is 9.36. The largest absolute Gasteiger partial charge is 0.376 e. The van der Waals surface area contributed by atoms with Gasteiger partial charge in [0, 0.05) is 28.4 Å². The van der Waals surface area contributed by atoms with E-state index in [2.05, 4.69) is 21.5 Å². The Balaban J connectivity index is 1.50. The van der Waals surface area contributed by atoms with Crippen molar-refractivity contribution in [1.29, 1.82) is 0 Å². The van der Waals surface area contributed by atoms with Gasteiger partial charge in [-0.25, -0.2) is 0 Å². The Morgan fingerprint density at radius 3 is 3.00 bits per heavy atom. The molecule has 0 saturated heterocycles. The smallest absolute Gasteiger partial charge is 0.261 e. The Morgan fingerprint density at radius 2 is 2.19 bits per heavy atom. The zero-order valence-electron chi connectivity index (χ0n) is 14.5. The molecule has 3 heterocycles. The fourth-order valence-electron chi connectivity index (χ4n) is 3.59. The van der Waals surface area contributed by atoms with E-state index in [9.17, 15) is 4.79 Å². The van der Waals surface area contributed by atoms with Gasteiger partial charge < -0.3 is 14.6 Å². The molecule has 5 rings (SSSR count). The number of thiophene rings is 1. The minimum Gasteiger partial charge on any atom is -0.376 e. The van der Waals surface area contributed by atoms with Crippen molar-refractivity contribution in [1.82, 2.24) is 10.1 Å². The predicted octanol–water partition coefficient (Wildman–Crippen LogP) is 4.19. The average molecular weight is 371 g/mol. The van der Waals surface area contributed by atoms with Gasteiger partial charge in [0.05, 0.1) is 18.8 Å². The first-order valence-corrected chi connectivity index (χ1v) is 10.2. The third-order valence-electron chi connectivity index (χ3n) is 5.22. The number of allylic oxidation sites excluding steroid dienone is 1. The highest BCUT2D eigenvalue weighted by atomic mass is 32.1. The van der Waals surface area contributed by atoms with Crippen LogP contribution >= 0.6 is 11.3 Å². The van der Waals surface area contributed by atoms with Crippen LogP contribution in [0.25, 0.3) is 11.5 Å². The fourth-order valence-corrected chi connectivity index (χ4v) is 4.76. The second-order valence-electron chi connectivity index (χ2n) is 7.17. The van der Waals surface area contributed by atoms with Gasteiger partial charge in [-0.15, -0.1) is 11.3 Å². The molecule has 1 fully saturated rings. The van der Waals surface area contributed by atoms with Crippen molar-refractivity contribution in [2.75, 3.05) is 11.9 Å². The summed E-state index contributed by atoms with van der Waals surface area (Å²) in [4.78, 5) is 18.6. The number of anilines is 1. The lowest BCUT2D eigenvalue weighted by Gasteiger charge is -2.13. The lowest BCUT2D eigenvalue weighted by Crippen LogP contribution is -2.15. The van der Waals surface area contributed by atoms with E-state index in [0.29, 0.717) is 25.0 Å². The highest BCUT2D eigenvalue weighted by Crippen LogP contribution is 2.44. The molecule has 0 radical (unpaired) electrons. The zero-order valence-corrected chi connectivity index (χ0v) is 15.4. The Kier molecular flexibility index (Phi) is 4.13. The van der Waals surface area contributed by atoms with Gasteiger partial charge in [-0.1, -0.05) is 11.2 Å². The summed E-state index contributed by atoms with van der Waals surface area (Å²) in [6, 6.07) is 0. The number of aromatic nitrogens is 2. The number of amides is 1. The first-order chi connectivity index (χ1) is 12.8. The second kappa shape index (κ2) is 6.63. The summed E-state index contributed by atoms with van der Waals surface area (Å²) >= 11 is 1.62. The molecule has 7 heteroatoms. The molecule has 2 aliphatic carbocycles. The van der Waals surface area contributed by atoms with E-state index in [1.54, 1.807) is 11.3 Å². The van der Waals surface area contributed by atoms with Crippen molar-refractivity contribution in [2.24, 2.45) is 0 Å².